The Bertz CT molecular complexity index is 1240. The highest BCUT2D eigenvalue weighted by atomic mass is 35.5. The molecule has 0 spiro atoms. The molecular weight excluding hydrogens is 471 g/mol. The molecule has 3 rings (SSSR count). The lowest BCUT2D eigenvalue weighted by molar-refractivity contribution is 0.102. The van der Waals surface area contributed by atoms with Gasteiger partial charge in [-0.1, -0.05) is 29.3 Å². The lowest BCUT2D eigenvalue weighted by atomic mass is 10.1. The summed E-state index contributed by atoms with van der Waals surface area (Å²) in [5.74, 6) is 0.338. The maximum Gasteiger partial charge on any atom is 0.261 e. The molecule has 2 N–H and O–H groups in total. The minimum absolute atomic E-state index is 0.0179. The zero-order valence-corrected chi connectivity index (χ0v) is 19.4. The number of sulfonamides is 1. The maximum atomic E-state index is 12.6. The molecule has 0 bridgehead atoms. The molecule has 0 aromatic heterocycles. The zero-order valence-electron chi connectivity index (χ0n) is 17.1. The molecule has 32 heavy (non-hydrogen) atoms. The Morgan fingerprint density at radius 3 is 2.25 bits per heavy atom. The first-order chi connectivity index (χ1) is 15.2. The van der Waals surface area contributed by atoms with E-state index in [1.54, 1.807) is 31.4 Å². The van der Waals surface area contributed by atoms with E-state index < -0.39 is 10.0 Å². The highest BCUT2D eigenvalue weighted by Gasteiger charge is 2.16. The van der Waals surface area contributed by atoms with E-state index in [2.05, 4.69) is 16.6 Å². The van der Waals surface area contributed by atoms with Gasteiger partial charge in [-0.15, -0.1) is 6.58 Å². The Morgan fingerprint density at radius 1 is 1.00 bits per heavy atom. The Morgan fingerprint density at radius 2 is 1.66 bits per heavy atom. The number of amides is 1. The summed E-state index contributed by atoms with van der Waals surface area (Å²) in [6.07, 6.45) is 2.28. The van der Waals surface area contributed by atoms with Crippen LogP contribution in [-0.4, -0.2) is 21.4 Å². The van der Waals surface area contributed by atoms with Gasteiger partial charge in [0, 0.05) is 21.3 Å². The lowest BCUT2D eigenvalue weighted by Gasteiger charge is -2.11. The van der Waals surface area contributed by atoms with Crippen molar-refractivity contribution in [2.45, 2.75) is 11.3 Å². The molecule has 0 radical (unpaired) electrons. The van der Waals surface area contributed by atoms with Gasteiger partial charge in [-0.05, 0) is 72.6 Å². The van der Waals surface area contributed by atoms with Gasteiger partial charge in [-0.2, -0.15) is 0 Å². The Balaban J connectivity index is 1.74. The summed E-state index contributed by atoms with van der Waals surface area (Å²) in [5.41, 5.74) is 1.97. The number of halogens is 2. The fraction of sp³-hybridized carbons (Fsp3) is 0.0870. The van der Waals surface area contributed by atoms with Crippen LogP contribution in [0.15, 0.2) is 78.2 Å². The van der Waals surface area contributed by atoms with Crippen molar-refractivity contribution in [1.82, 2.24) is 0 Å². The molecule has 0 atom stereocenters. The smallest absolute Gasteiger partial charge is 0.261 e. The second kappa shape index (κ2) is 10.1. The van der Waals surface area contributed by atoms with Crippen molar-refractivity contribution in [3.63, 3.8) is 0 Å². The van der Waals surface area contributed by atoms with Crippen LogP contribution in [0, 0.1) is 0 Å². The molecule has 0 fully saturated rings. The van der Waals surface area contributed by atoms with Crippen molar-refractivity contribution in [1.29, 1.82) is 0 Å². The molecule has 3 aromatic rings. The van der Waals surface area contributed by atoms with Crippen LogP contribution in [0.4, 0.5) is 11.4 Å². The fourth-order valence-corrected chi connectivity index (χ4v) is 4.55. The number of methoxy groups -OCH3 is 1. The van der Waals surface area contributed by atoms with Crippen LogP contribution in [0.25, 0.3) is 0 Å². The van der Waals surface area contributed by atoms with E-state index in [0.717, 1.165) is 5.56 Å². The summed E-state index contributed by atoms with van der Waals surface area (Å²) in [6.45, 7) is 3.71. The Labute approximate surface area is 196 Å². The third kappa shape index (κ3) is 5.82. The van der Waals surface area contributed by atoms with E-state index in [0.29, 0.717) is 33.5 Å². The normalized spacial score (nSPS) is 11.0. The maximum absolute atomic E-state index is 12.6. The van der Waals surface area contributed by atoms with Crippen LogP contribution < -0.4 is 14.8 Å². The average Bonchev–Trinajstić information content (AvgIpc) is 2.73. The molecule has 0 heterocycles. The number of rotatable bonds is 8. The van der Waals surface area contributed by atoms with E-state index in [1.165, 1.54) is 42.5 Å². The van der Waals surface area contributed by atoms with Crippen molar-refractivity contribution in [2.24, 2.45) is 0 Å². The summed E-state index contributed by atoms with van der Waals surface area (Å²) in [7, 11) is -2.30. The van der Waals surface area contributed by atoms with E-state index in [4.69, 9.17) is 27.9 Å². The van der Waals surface area contributed by atoms with Crippen molar-refractivity contribution >= 4 is 50.5 Å². The highest BCUT2D eigenvalue weighted by molar-refractivity contribution is 7.92. The van der Waals surface area contributed by atoms with Crippen LogP contribution in [0.2, 0.25) is 10.0 Å². The van der Waals surface area contributed by atoms with Crippen LogP contribution >= 0.6 is 23.2 Å². The number of nitrogens with one attached hydrogen (secondary N) is 2. The minimum Gasteiger partial charge on any atom is -0.496 e. The van der Waals surface area contributed by atoms with Gasteiger partial charge in [-0.25, -0.2) is 8.42 Å². The molecule has 6 nitrogen and oxygen atoms in total. The SMILES string of the molecule is C=CCc1cc(C(=O)Nc2ccc(S(=O)(=O)Nc3cc(Cl)cc(Cl)c3)cc2)ccc1OC. The number of allylic oxidation sites excluding steroid dienone is 1. The Hall–Kier alpha value is -3.00. The second-order valence-corrected chi connectivity index (χ2v) is 9.32. The molecule has 0 aliphatic carbocycles. The summed E-state index contributed by atoms with van der Waals surface area (Å²) in [5, 5.41) is 3.37. The van der Waals surface area contributed by atoms with Gasteiger partial charge in [0.15, 0.2) is 0 Å². The van der Waals surface area contributed by atoms with Crippen LogP contribution in [0.5, 0.6) is 5.75 Å². The summed E-state index contributed by atoms with van der Waals surface area (Å²) >= 11 is 11.8. The van der Waals surface area contributed by atoms with Gasteiger partial charge >= 0.3 is 0 Å². The van der Waals surface area contributed by atoms with Crippen LogP contribution in [-0.2, 0) is 16.4 Å². The van der Waals surface area contributed by atoms with Crippen molar-refractivity contribution < 1.29 is 17.9 Å². The number of carbonyl (C=O) groups is 1. The van der Waals surface area contributed by atoms with Crippen molar-refractivity contribution in [2.75, 3.05) is 17.1 Å². The minimum atomic E-state index is -3.87. The van der Waals surface area contributed by atoms with Gasteiger partial charge < -0.3 is 10.1 Å². The largest absolute Gasteiger partial charge is 0.496 e. The van der Waals surface area contributed by atoms with E-state index in [9.17, 15) is 13.2 Å². The average molecular weight is 491 g/mol. The zero-order chi connectivity index (χ0) is 23.3. The fourth-order valence-electron chi connectivity index (χ4n) is 2.98. The number of ether oxygens (including phenoxy) is 1. The summed E-state index contributed by atoms with van der Waals surface area (Å²) < 4.78 is 33.0. The molecule has 166 valence electrons. The Kier molecular flexibility index (Phi) is 7.45. The van der Waals surface area contributed by atoms with E-state index in [-0.39, 0.29) is 16.5 Å². The molecule has 0 aliphatic rings. The van der Waals surface area contributed by atoms with Gasteiger partial charge in [-0.3, -0.25) is 9.52 Å². The predicted molar refractivity (Wildman–Crippen MR) is 129 cm³/mol. The first-order valence-electron chi connectivity index (χ1n) is 9.40. The first-order valence-corrected chi connectivity index (χ1v) is 11.6. The second-order valence-electron chi connectivity index (χ2n) is 6.76. The molecule has 0 unspecified atom stereocenters. The molecular formula is C23H20Cl2N2O4S. The standard InChI is InChI=1S/C23H20Cl2N2O4S/c1-3-4-15-11-16(5-10-22(15)31-2)23(28)26-19-6-8-21(9-7-19)32(29,30)27-20-13-17(24)12-18(25)14-20/h3,5-14,27H,1,4H2,2H3,(H,26,28). The number of hydrogen-bond acceptors (Lipinski definition) is 4. The van der Waals surface area contributed by atoms with Gasteiger partial charge in [0.05, 0.1) is 17.7 Å². The molecule has 0 aliphatic heterocycles. The molecule has 0 saturated carbocycles. The van der Waals surface area contributed by atoms with Crippen molar-refractivity contribution in [3.05, 3.63) is 94.5 Å². The topological polar surface area (TPSA) is 84.5 Å². The number of carbonyl (C=O) groups excluding carboxylic acids is 1. The highest BCUT2D eigenvalue weighted by Crippen LogP contribution is 2.26. The number of hydrogen-bond donors (Lipinski definition) is 2. The van der Waals surface area contributed by atoms with Crippen LogP contribution in [0.3, 0.4) is 0 Å². The number of benzene rings is 3. The van der Waals surface area contributed by atoms with Gasteiger partial charge in [0.2, 0.25) is 0 Å². The van der Waals surface area contributed by atoms with E-state index >= 15 is 0 Å². The molecule has 1 amide bonds. The lowest BCUT2D eigenvalue weighted by Crippen LogP contribution is -2.14. The summed E-state index contributed by atoms with van der Waals surface area (Å²) in [6, 6.07) is 15.3. The number of anilines is 2. The molecule has 9 heteroatoms. The van der Waals surface area contributed by atoms with Crippen molar-refractivity contribution in [3.8, 4) is 5.75 Å². The molecule has 0 saturated heterocycles. The summed E-state index contributed by atoms with van der Waals surface area (Å²) in [4.78, 5) is 12.6. The van der Waals surface area contributed by atoms with Gasteiger partial charge in [0.25, 0.3) is 15.9 Å². The first kappa shape index (κ1) is 23.7. The third-order valence-corrected chi connectivity index (χ3v) is 6.28. The van der Waals surface area contributed by atoms with E-state index in [1.807, 2.05) is 0 Å². The third-order valence-electron chi connectivity index (χ3n) is 4.44. The molecule has 3 aromatic carbocycles. The van der Waals surface area contributed by atoms with Crippen LogP contribution in [0.1, 0.15) is 15.9 Å². The quantitative estimate of drug-likeness (QED) is 0.391. The van der Waals surface area contributed by atoms with Gasteiger partial charge in [0.1, 0.15) is 5.75 Å². The monoisotopic (exact) mass is 490 g/mol. The predicted octanol–water partition coefficient (Wildman–Crippen LogP) is 5.78.